The number of benzene rings is 1. The molecule has 1 unspecified atom stereocenters. The Morgan fingerprint density at radius 1 is 1.35 bits per heavy atom. The Labute approximate surface area is 125 Å². The van der Waals surface area contributed by atoms with Gasteiger partial charge in [0.2, 0.25) is 0 Å². The standard InChI is InChI=1S/C15H22N2O2.ClH/c1-10(2)16-8-12(18)9-19-14-6-4-5-13-15(14)11(3)7-17-13;/h4-7,10,12,16-18H,8-9H2,1-3H3;1H. The van der Waals surface area contributed by atoms with E-state index in [2.05, 4.69) is 24.1 Å². The van der Waals surface area contributed by atoms with E-state index in [0.29, 0.717) is 19.2 Å². The molecule has 0 bridgehead atoms. The first-order valence-corrected chi connectivity index (χ1v) is 6.69. The molecule has 0 fully saturated rings. The van der Waals surface area contributed by atoms with Crippen LogP contribution in [0.2, 0.25) is 0 Å². The summed E-state index contributed by atoms with van der Waals surface area (Å²) in [5, 5.41) is 14.1. The third-order valence-electron chi connectivity index (χ3n) is 3.06. The molecule has 0 saturated carbocycles. The number of H-pyrrole nitrogens is 1. The minimum atomic E-state index is -0.503. The van der Waals surface area contributed by atoms with Gasteiger partial charge in [-0.3, -0.25) is 0 Å². The first-order chi connectivity index (χ1) is 9.08. The molecule has 2 aromatic rings. The van der Waals surface area contributed by atoms with Gasteiger partial charge in [0.25, 0.3) is 0 Å². The van der Waals surface area contributed by atoms with Crippen molar-refractivity contribution in [3.8, 4) is 5.75 Å². The number of ether oxygens (including phenoxy) is 1. The van der Waals surface area contributed by atoms with Gasteiger partial charge in [-0.25, -0.2) is 0 Å². The second-order valence-corrected chi connectivity index (χ2v) is 5.18. The first kappa shape index (κ1) is 16.8. The van der Waals surface area contributed by atoms with Crippen molar-refractivity contribution in [3.05, 3.63) is 30.0 Å². The van der Waals surface area contributed by atoms with Crippen LogP contribution in [0.5, 0.6) is 5.75 Å². The number of hydrogen-bond acceptors (Lipinski definition) is 3. The van der Waals surface area contributed by atoms with Crippen LogP contribution < -0.4 is 10.1 Å². The molecule has 1 atom stereocenters. The average molecular weight is 299 g/mol. The third-order valence-corrected chi connectivity index (χ3v) is 3.06. The molecule has 4 nitrogen and oxygen atoms in total. The second-order valence-electron chi connectivity index (χ2n) is 5.18. The van der Waals surface area contributed by atoms with Crippen molar-refractivity contribution in [2.45, 2.75) is 32.9 Å². The van der Waals surface area contributed by atoms with E-state index in [1.807, 2.05) is 31.3 Å². The van der Waals surface area contributed by atoms with E-state index in [9.17, 15) is 5.11 Å². The summed E-state index contributed by atoms with van der Waals surface area (Å²) in [6.45, 7) is 6.99. The van der Waals surface area contributed by atoms with E-state index in [-0.39, 0.29) is 12.4 Å². The highest BCUT2D eigenvalue weighted by atomic mass is 35.5. The fourth-order valence-electron chi connectivity index (χ4n) is 2.05. The van der Waals surface area contributed by atoms with Crippen molar-refractivity contribution >= 4 is 23.3 Å². The Morgan fingerprint density at radius 3 is 2.80 bits per heavy atom. The Balaban J connectivity index is 0.00000200. The zero-order chi connectivity index (χ0) is 13.8. The molecule has 112 valence electrons. The number of aliphatic hydroxyl groups is 1. The molecule has 1 aromatic carbocycles. The minimum Gasteiger partial charge on any atom is -0.490 e. The summed E-state index contributed by atoms with van der Waals surface area (Å²) in [5.74, 6) is 0.819. The lowest BCUT2D eigenvalue weighted by Crippen LogP contribution is -2.35. The Kier molecular flexibility index (Phi) is 6.33. The average Bonchev–Trinajstić information content (AvgIpc) is 2.76. The van der Waals surface area contributed by atoms with Crippen LogP contribution in [0.15, 0.2) is 24.4 Å². The van der Waals surface area contributed by atoms with Crippen LogP contribution in [0, 0.1) is 6.92 Å². The first-order valence-electron chi connectivity index (χ1n) is 6.69. The molecule has 0 amide bonds. The summed E-state index contributed by atoms with van der Waals surface area (Å²) in [5.41, 5.74) is 2.21. The summed E-state index contributed by atoms with van der Waals surface area (Å²) in [4.78, 5) is 3.20. The molecule has 0 aliphatic rings. The lowest BCUT2D eigenvalue weighted by atomic mass is 10.2. The van der Waals surface area contributed by atoms with Gasteiger partial charge in [0.1, 0.15) is 18.5 Å². The van der Waals surface area contributed by atoms with E-state index < -0.39 is 6.10 Å². The van der Waals surface area contributed by atoms with Gasteiger partial charge in [0.05, 0.1) is 0 Å². The summed E-state index contributed by atoms with van der Waals surface area (Å²) in [6, 6.07) is 6.27. The van der Waals surface area contributed by atoms with Gasteiger partial charge in [-0.05, 0) is 24.6 Å². The van der Waals surface area contributed by atoms with E-state index in [0.717, 1.165) is 22.2 Å². The van der Waals surface area contributed by atoms with Crippen molar-refractivity contribution in [1.29, 1.82) is 0 Å². The van der Waals surface area contributed by atoms with Gasteiger partial charge in [0.15, 0.2) is 0 Å². The topological polar surface area (TPSA) is 57.3 Å². The Morgan fingerprint density at radius 2 is 2.10 bits per heavy atom. The highest BCUT2D eigenvalue weighted by Crippen LogP contribution is 2.28. The lowest BCUT2D eigenvalue weighted by molar-refractivity contribution is 0.105. The van der Waals surface area contributed by atoms with E-state index in [1.54, 1.807) is 0 Å². The summed E-state index contributed by atoms with van der Waals surface area (Å²) in [7, 11) is 0. The van der Waals surface area contributed by atoms with Crippen LogP contribution >= 0.6 is 12.4 Å². The fraction of sp³-hybridized carbons (Fsp3) is 0.467. The predicted molar refractivity (Wildman–Crippen MR) is 84.9 cm³/mol. The number of nitrogens with one attached hydrogen (secondary N) is 2. The van der Waals surface area contributed by atoms with Crippen LogP contribution in [-0.2, 0) is 0 Å². The molecule has 0 radical (unpaired) electrons. The predicted octanol–water partition coefficient (Wildman–Crippen LogP) is 2.64. The molecule has 0 spiro atoms. The molecule has 0 saturated heterocycles. The van der Waals surface area contributed by atoms with Gasteiger partial charge in [-0.1, -0.05) is 19.9 Å². The molecule has 0 aliphatic carbocycles. The molecule has 5 heteroatoms. The van der Waals surface area contributed by atoms with Crippen LogP contribution in [-0.4, -0.2) is 35.4 Å². The smallest absolute Gasteiger partial charge is 0.129 e. The number of aromatic nitrogens is 1. The maximum Gasteiger partial charge on any atom is 0.129 e. The highest BCUT2D eigenvalue weighted by Gasteiger charge is 2.10. The number of fused-ring (bicyclic) bond motifs is 1. The van der Waals surface area contributed by atoms with Crippen molar-refractivity contribution < 1.29 is 9.84 Å². The maximum absolute atomic E-state index is 9.86. The lowest BCUT2D eigenvalue weighted by Gasteiger charge is -2.15. The Hall–Kier alpha value is -1.23. The van der Waals surface area contributed by atoms with Gasteiger partial charge >= 0.3 is 0 Å². The van der Waals surface area contributed by atoms with Crippen molar-refractivity contribution in [1.82, 2.24) is 10.3 Å². The van der Waals surface area contributed by atoms with Gasteiger partial charge in [-0.15, -0.1) is 12.4 Å². The molecule has 0 aliphatic heterocycles. The Bertz CT molecular complexity index is 540. The largest absolute Gasteiger partial charge is 0.490 e. The second kappa shape index (κ2) is 7.53. The van der Waals surface area contributed by atoms with Crippen molar-refractivity contribution in [3.63, 3.8) is 0 Å². The van der Waals surface area contributed by atoms with Crippen LogP contribution in [0.3, 0.4) is 0 Å². The van der Waals surface area contributed by atoms with Crippen molar-refractivity contribution in [2.75, 3.05) is 13.2 Å². The highest BCUT2D eigenvalue weighted by molar-refractivity contribution is 5.89. The molecular formula is C15H23ClN2O2. The number of aromatic amines is 1. The minimum absolute atomic E-state index is 0. The fourth-order valence-corrected chi connectivity index (χ4v) is 2.05. The number of aliphatic hydroxyl groups excluding tert-OH is 1. The van der Waals surface area contributed by atoms with E-state index in [1.165, 1.54) is 0 Å². The number of rotatable bonds is 6. The number of halogens is 1. The van der Waals surface area contributed by atoms with Gasteiger partial charge in [-0.2, -0.15) is 0 Å². The van der Waals surface area contributed by atoms with Gasteiger partial charge in [0, 0.05) is 29.7 Å². The van der Waals surface area contributed by atoms with Crippen molar-refractivity contribution in [2.24, 2.45) is 0 Å². The third kappa shape index (κ3) is 4.13. The zero-order valence-electron chi connectivity index (χ0n) is 12.1. The SMILES string of the molecule is Cc1c[nH]c2cccc(OCC(O)CNC(C)C)c12.Cl. The molecule has 3 N–H and O–H groups in total. The van der Waals surface area contributed by atoms with E-state index >= 15 is 0 Å². The summed E-state index contributed by atoms with van der Waals surface area (Å²) < 4.78 is 5.74. The zero-order valence-corrected chi connectivity index (χ0v) is 13.0. The summed E-state index contributed by atoms with van der Waals surface area (Å²) in [6.07, 6.45) is 1.46. The number of hydrogen-bond donors (Lipinski definition) is 3. The maximum atomic E-state index is 9.86. The molecule has 20 heavy (non-hydrogen) atoms. The quantitative estimate of drug-likeness (QED) is 0.768. The molecular weight excluding hydrogens is 276 g/mol. The molecule has 1 heterocycles. The van der Waals surface area contributed by atoms with Crippen LogP contribution in [0.4, 0.5) is 0 Å². The number of aryl methyl sites for hydroxylation is 1. The van der Waals surface area contributed by atoms with Crippen LogP contribution in [0.25, 0.3) is 10.9 Å². The molecule has 1 aromatic heterocycles. The summed E-state index contributed by atoms with van der Waals surface area (Å²) >= 11 is 0. The normalized spacial score (nSPS) is 12.4. The molecule has 2 rings (SSSR count). The van der Waals surface area contributed by atoms with Gasteiger partial charge < -0.3 is 20.1 Å². The monoisotopic (exact) mass is 298 g/mol. The van der Waals surface area contributed by atoms with E-state index in [4.69, 9.17) is 4.74 Å². The van der Waals surface area contributed by atoms with Crippen LogP contribution in [0.1, 0.15) is 19.4 Å².